The van der Waals surface area contributed by atoms with E-state index in [9.17, 15) is 0 Å². The first-order chi connectivity index (χ1) is 12.5. The average molecular weight is 348 g/mol. The van der Waals surface area contributed by atoms with Gasteiger partial charge < -0.3 is 14.8 Å². The van der Waals surface area contributed by atoms with Crippen molar-refractivity contribution in [1.29, 1.82) is 5.26 Å². The maximum Gasteiger partial charge on any atom is 0.162 e. The van der Waals surface area contributed by atoms with Crippen molar-refractivity contribution < 1.29 is 9.47 Å². The van der Waals surface area contributed by atoms with E-state index in [1.807, 2.05) is 50.2 Å². The van der Waals surface area contributed by atoms with E-state index in [-0.39, 0.29) is 6.04 Å². The number of ether oxygens (including phenoxy) is 2. The van der Waals surface area contributed by atoms with Crippen LogP contribution in [0.4, 0.5) is 5.82 Å². The van der Waals surface area contributed by atoms with E-state index in [0.717, 1.165) is 22.3 Å². The Hall–Kier alpha value is -3.33. The van der Waals surface area contributed by atoms with E-state index in [1.54, 1.807) is 14.2 Å². The minimum atomic E-state index is 0.00772. The SMILES string of the molecule is COc1cc2nc(C)nc(N[C@H](C)c3ccc(C#N)cc3)c2cc1OC. The van der Waals surface area contributed by atoms with Crippen LogP contribution in [0.1, 0.15) is 29.9 Å². The van der Waals surface area contributed by atoms with E-state index in [4.69, 9.17) is 14.7 Å². The molecule has 0 spiro atoms. The topological polar surface area (TPSA) is 80.1 Å². The lowest BCUT2D eigenvalue weighted by molar-refractivity contribution is 0.356. The molecule has 0 fully saturated rings. The van der Waals surface area contributed by atoms with Crippen LogP contribution in [0, 0.1) is 18.3 Å². The summed E-state index contributed by atoms with van der Waals surface area (Å²) in [6.07, 6.45) is 0. The Kier molecular flexibility index (Phi) is 4.90. The number of aromatic nitrogens is 2. The zero-order valence-corrected chi connectivity index (χ0v) is 15.2. The lowest BCUT2D eigenvalue weighted by atomic mass is 10.1. The standard InChI is InChI=1S/C20H20N4O2/c1-12(15-7-5-14(11-21)6-8-15)22-20-16-9-18(25-3)19(26-4)10-17(16)23-13(2)24-20/h5-10,12H,1-4H3,(H,22,23,24)/t12-/m1/s1. The number of hydrogen-bond acceptors (Lipinski definition) is 6. The number of fused-ring (bicyclic) bond motifs is 1. The van der Waals surface area contributed by atoms with Crippen LogP contribution in [0.25, 0.3) is 10.9 Å². The molecule has 26 heavy (non-hydrogen) atoms. The van der Waals surface area contributed by atoms with E-state index in [1.165, 1.54) is 0 Å². The summed E-state index contributed by atoms with van der Waals surface area (Å²) in [5, 5.41) is 13.2. The molecule has 1 atom stereocenters. The van der Waals surface area contributed by atoms with Crippen LogP contribution < -0.4 is 14.8 Å². The maximum absolute atomic E-state index is 8.94. The fraction of sp³-hybridized carbons (Fsp3) is 0.250. The molecule has 0 unspecified atom stereocenters. The lowest BCUT2D eigenvalue weighted by Gasteiger charge is -2.18. The molecule has 0 bridgehead atoms. The monoisotopic (exact) mass is 348 g/mol. The highest BCUT2D eigenvalue weighted by molar-refractivity contribution is 5.92. The van der Waals surface area contributed by atoms with Gasteiger partial charge >= 0.3 is 0 Å². The number of hydrogen-bond donors (Lipinski definition) is 1. The second-order valence-electron chi connectivity index (χ2n) is 5.94. The van der Waals surface area contributed by atoms with E-state index >= 15 is 0 Å². The number of benzene rings is 2. The molecule has 0 radical (unpaired) electrons. The first-order valence-corrected chi connectivity index (χ1v) is 8.22. The third kappa shape index (κ3) is 3.38. The van der Waals surface area contributed by atoms with Crippen LogP contribution in [-0.2, 0) is 0 Å². The van der Waals surface area contributed by atoms with Crippen molar-refractivity contribution in [2.24, 2.45) is 0 Å². The Morgan fingerprint density at radius 1 is 1.04 bits per heavy atom. The molecule has 6 heteroatoms. The van der Waals surface area contributed by atoms with Crippen LogP contribution in [0.3, 0.4) is 0 Å². The Morgan fingerprint density at radius 3 is 2.31 bits per heavy atom. The van der Waals surface area contributed by atoms with Gasteiger partial charge in [-0.2, -0.15) is 5.26 Å². The smallest absolute Gasteiger partial charge is 0.162 e. The number of nitrogens with one attached hydrogen (secondary N) is 1. The normalized spacial score (nSPS) is 11.7. The van der Waals surface area contributed by atoms with Gasteiger partial charge in [-0.15, -0.1) is 0 Å². The molecule has 0 aliphatic carbocycles. The molecule has 0 amide bonds. The van der Waals surface area contributed by atoms with Gasteiger partial charge in [0.25, 0.3) is 0 Å². The summed E-state index contributed by atoms with van der Waals surface area (Å²) in [6, 6.07) is 13.4. The summed E-state index contributed by atoms with van der Waals surface area (Å²) < 4.78 is 10.8. The zero-order valence-electron chi connectivity index (χ0n) is 15.2. The van der Waals surface area contributed by atoms with Crippen molar-refractivity contribution in [1.82, 2.24) is 9.97 Å². The van der Waals surface area contributed by atoms with Gasteiger partial charge in [0.15, 0.2) is 11.5 Å². The van der Waals surface area contributed by atoms with Gasteiger partial charge in [0, 0.05) is 17.5 Å². The van der Waals surface area contributed by atoms with Crippen LogP contribution in [0.15, 0.2) is 36.4 Å². The predicted octanol–water partition coefficient (Wildman–Crippen LogP) is 4.00. The molecular formula is C20H20N4O2. The highest BCUT2D eigenvalue weighted by Crippen LogP contribution is 2.35. The Balaban J connectivity index is 2.01. The van der Waals surface area contributed by atoms with Crippen molar-refractivity contribution in [3.8, 4) is 17.6 Å². The van der Waals surface area contributed by atoms with Crippen LogP contribution >= 0.6 is 0 Å². The molecule has 3 rings (SSSR count). The van der Waals surface area contributed by atoms with Crippen molar-refractivity contribution in [2.75, 3.05) is 19.5 Å². The molecule has 0 aliphatic rings. The van der Waals surface area contributed by atoms with E-state index in [0.29, 0.717) is 22.9 Å². The average Bonchev–Trinajstić information content (AvgIpc) is 2.66. The van der Waals surface area contributed by atoms with Gasteiger partial charge in [-0.3, -0.25) is 0 Å². The van der Waals surface area contributed by atoms with Crippen LogP contribution in [0.5, 0.6) is 11.5 Å². The fourth-order valence-electron chi connectivity index (χ4n) is 2.82. The van der Waals surface area contributed by atoms with Gasteiger partial charge in [-0.25, -0.2) is 9.97 Å². The van der Waals surface area contributed by atoms with Gasteiger partial charge in [0.1, 0.15) is 11.6 Å². The Labute approximate surface area is 152 Å². The second kappa shape index (κ2) is 7.28. The van der Waals surface area contributed by atoms with Crippen LogP contribution in [-0.4, -0.2) is 24.2 Å². The van der Waals surface area contributed by atoms with E-state index in [2.05, 4.69) is 21.4 Å². The molecule has 0 aliphatic heterocycles. The Bertz CT molecular complexity index is 978. The maximum atomic E-state index is 8.94. The summed E-state index contributed by atoms with van der Waals surface area (Å²) >= 11 is 0. The summed E-state index contributed by atoms with van der Waals surface area (Å²) in [6.45, 7) is 3.90. The molecule has 1 heterocycles. The summed E-state index contributed by atoms with van der Waals surface area (Å²) in [7, 11) is 3.20. The summed E-state index contributed by atoms with van der Waals surface area (Å²) in [5.41, 5.74) is 2.49. The Morgan fingerprint density at radius 2 is 1.69 bits per heavy atom. The first kappa shape index (κ1) is 17.5. The molecule has 1 N–H and O–H groups in total. The van der Waals surface area contributed by atoms with Crippen molar-refractivity contribution in [3.63, 3.8) is 0 Å². The zero-order chi connectivity index (χ0) is 18.7. The highest BCUT2D eigenvalue weighted by atomic mass is 16.5. The summed E-state index contributed by atoms with van der Waals surface area (Å²) in [5.74, 6) is 2.65. The van der Waals surface area contributed by atoms with Crippen LogP contribution in [0.2, 0.25) is 0 Å². The second-order valence-corrected chi connectivity index (χ2v) is 5.94. The van der Waals surface area contributed by atoms with Crippen molar-refractivity contribution in [3.05, 3.63) is 53.3 Å². The third-order valence-corrected chi connectivity index (χ3v) is 4.21. The third-order valence-electron chi connectivity index (χ3n) is 4.21. The van der Waals surface area contributed by atoms with E-state index < -0.39 is 0 Å². The minimum absolute atomic E-state index is 0.00772. The molecule has 2 aromatic carbocycles. The van der Waals surface area contributed by atoms with Crippen molar-refractivity contribution >= 4 is 16.7 Å². The predicted molar refractivity (Wildman–Crippen MR) is 101 cm³/mol. The van der Waals surface area contributed by atoms with Crippen molar-refractivity contribution in [2.45, 2.75) is 19.9 Å². The molecule has 132 valence electrons. The fourth-order valence-corrected chi connectivity index (χ4v) is 2.82. The molecule has 6 nitrogen and oxygen atoms in total. The number of rotatable bonds is 5. The number of nitrogens with zero attached hydrogens (tertiary/aromatic N) is 3. The number of methoxy groups -OCH3 is 2. The summed E-state index contributed by atoms with van der Waals surface area (Å²) in [4.78, 5) is 9.06. The molecular weight excluding hydrogens is 328 g/mol. The molecule has 3 aromatic rings. The number of nitriles is 1. The van der Waals surface area contributed by atoms with Gasteiger partial charge in [-0.1, -0.05) is 12.1 Å². The number of anilines is 1. The largest absolute Gasteiger partial charge is 0.493 e. The lowest BCUT2D eigenvalue weighted by Crippen LogP contribution is -2.09. The van der Waals surface area contributed by atoms with Gasteiger partial charge in [0.2, 0.25) is 0 Å². The molecule has 0 saturated heterocycles. The molecule has 1 aromatic heterocycles. The number of aryl methyl sites for hydroxylation is 1. The van der Waals surface area contributed by atoms with Gasteiger partial charge in [-0.05, 0) is 37.6 Å². The quantitative estimate of drug-likeness (QED) is 0.751. The molecule has 0 saturated carbocycles. The highest BCUT2D eigenvalue weighted by Gasteiger charge is 2.14. The van der Waals surface area contributed by atoms with Gasteiger partial charge in [0.05, 0.1) is 31.4 Å². The minimum Gasteiger partial charge on any atom is -0.493 e. The first-order valence-electron chi connectivity index (χ1n) is 8.22.